The van der Waals surface area contributed by atoms with Crippen LogP contribution in [0, 0.1) is 29.4 Å². The SMILES string of the molecule is C=CCCC1CCC2CC(c3cc(F)c(-c4ccc(CC/C=C/C)cc4)c(F)c3)CCC2C1. The Morgan fingerprint density at radius 2 is 1.61 bits per heavy atom. The molecule has 0 N–H and O–H groups in total. The highest BCUT2D eigenvalue weighted by Crippen LogP contribution is 2.48. The van der Waals surface area contributed by atoms with E-state index in [1.54, 1.807) is 12.1 Å². The molecular formula is C31H38F2. The lowest BCUT2D eigenvalue weighted by molar-refractivity contribution is 0.115. The number of rotatable bonds is 8. The molecule has 0 radical (unpaired) electrons. The molecule has 0 bridgehead atoms. The van der Waals surface area contributed by atoms with Gasteiger partial charge >= 0.3 is 0 Å². The minimum atomic E-state index is -0.429. The number of allylic oxidation sites excluding steroid dienone is 3. The molecule has 2 aliphatic carbocycles. The minimum absolute atomic E-state index is 0.107. The first-order chi connectivity index (χ1) is 16.1. The smallest absolute Gasteiger partial charge is 0.134 e. The van der Waals surface area contributed by atoms with Crippen molar-refractivity contribution in [2.24, 2.45) is 17.8 Å². The van der Waals surface area contributed by atoms with Crippen molar-refractivity contribution in [3.05, 3.63) is 84.0 Å². The van der Waals surface area contributed by atoms with Crippen LogP contribution in [0.15, 0.2) is 61.2 Å². The van der Waals surface area contributed by atoms with Crippen LogP contribution in [0.4, 0.5) is 8.78 Å². The van der Waals surface area contributed by atoms with Crippen molar-refractivity contribution in [2.75, 3.05) is 0 Å². The Morgan fingerprint density at radius 3 is 2.30 bits per heavy atom. The van der Waals surface area contributed by atoms with Gasteiger partial charge in [-0.15, -0.1) is 6.58 Å². The molecular weight excluding hydrogens is 410 g/mol. The van der Waals surface area contributed by atoms with Crippen LogP contribution in [0.2, 0.25) is 0 Å². The predicted octanol–water partition coefficient (Wildman–Crippen LogP) is 9.41. The Labute approximate surface area is 198 Å². The average Bonchev–Trinajstić information content (AvgIpc) is 2.83. The van der Waals surface area contributed by atoms with E-state index in [0.717, 1.165) is 49.5 Å². The van der Waals surface area contributed by atoms with Gasteiger partial charge in [0.25, 0.3) is 0 Å². The largest absolute Gasteiger partial charge is 0.206 e. The second-order valence-electron chi connectivity index (χ2n) is 10.2. The van der Waals surface area contributed by atoms with Crippen LogP contribution in [-0.4, -0.2) is 0 Å². The minimum Gasteiger partial charge on any atom is -0.206 e. The van der Waals surface area contributed by atoms with Gasteiger partial charge in [-0.05, 0) is 117 Å². The molecule has 0 nitrogen and oxygen atoms in total. The van der Waals surface area contributed by atoms with Crippen LogP contribution in [0.25, 0.3) is 11.1 Å². The van der Waals surface area contributed by atoms with E-state index in [-0.39, 0.29) is 11.5 Å². The Bertz CT molecular complexity index is 932. The van der Waals surface area contributed by atoms with Gasteiger partial charge in [0.2, 0.25) is 0 Å². The van der Waals surface area contributed by atoms with Crippen molar-refractivity contribution < 1.29 is 8.78 Å². The third-order valence-corrected chi connectivity index (χ3v) is 8.11. The molecule has 2 aliphatic rings. The number of halogens is 2. The second kappa shape index (κ2) is 11.3. The van der Waals surface area contributed by atoms with Crippen LogP contribution in [0.5, 0.6) is 0 Å². The van der Waals surface area contributed by atoms with Crippen molar-refractivity contribution in [2.45, 2.75) is 77.0 Å². The number of hydrogen-bond acceptors (Lipinski definition) is 0. The molecule has 4 rings (SSSR count). The standard InChI is InChI=1S/C31H38F2/c1-3-5-7-9-22-10-13-24(14-11-22)31-29(32)20-28(21-30(31)33)27-17-16-25-18-23(8-6-4-2)12-15-26(25)19-27/h3-5,10-11,13-14,20-21,23,25-27H,2,6-9,12,15-19H2,1H3/b5-3+. The van der Waals surface area contributed by atoms with Crippen LogP contribution in [-0.2, 0) is 6.42 Å². The highest BCUT2D eigenvalue weighted by atomic mass is 19.1. The van der Waals surface area contributed by atoms with Gasteiger partial charge in [0.05, 0.1) is 5.56 Å². The van der Waals surface area contributed by atoms with Gasteiger partial charge in [-0.3, -0.25) is 0 Å². The van der Waals surface area contributed by atoms with Gasteiger partial charge in [0.1, 0.15) is 11.6 Å². The van der Waals surface area contributed by atoms with Crippen LogP contribution >= 0.6 is 0 Å². The number of hydrogen-bond donors (Lipinski definition) is 0. The van der Waals surface area contributed by atoms with E-state index in [4.69, 9.17) is 0 Å². The lowest BCUT2D eigenvalue weighted by atomic mass is 9.63. The van der Waals surface area contributed by atoms with Gasteiger partial charge in [0, 0.05) is 0 Å². The zero-order valence-electron chi connectivity index (χ0n) is 20.0. The van der Waals surface area contributed by atoms with E-state index in [1.807, 2.05) is 43.3 Å². The van der Waals surface area contributed by atoms with Crippen molar-refractivity contribution in [1.29, 1.82) is 0 Å². The first-order valence-corrected chi connectivity index (χ1v) is 12.9. The van der Waals surface area contributed by atoms with E-state index in [1.165, 1.54) is 37.7 Å². The van der Waals surface area contributed by atoms with Crippen molar-refractivity contribution in [1.82, 2.24) is 0 Å². The maximum absolute atomic E-state index is 15.1. The highest BCUT2D eigenvalue weighted by Gasteiger charge is 2.36. The fraction of sp³-hybridized carbons (Fsp3) is 0.484. The van der Waals surface area contributed by atoms with E-state index in [9.17, 15) is 0 Å². The first kappa shape index (κ1) is 23.9. The first-order valence-electron chi connectivity index (χ1n) is 12.9. The van der Waals surface area contributed by atoms with E-state index >= 15 is 8.78 Å². The monoisotopic (exact) mass is 448 g/mol. The molecule has 0 aliphatic heterocycles. The fourth-order valence-electron chi connectivity index (χ4n) is 6.26. The normalized spacial score (nSPS) is 25.2. The average molecular weight is 449 g/mol. The molecule has 2 heteroatoms. The van der Waals surface area contributed by atoms with Crippen LogP contribution in [0.3, 0.4) is 0 Å². The Morgan fingerprint density at radius 1 is 0.909 bits per heavy atom. The number of fused-ring (bicyclic) bond motifs is 1. The summed E-state index contributed by atoms with van der Waals surface area (Å²) in [5.41, 5.74) is 2.76. The van der Waals surface area contributed by atoms with E-state index in [2.05, 4.69) is 12.7 Å². The second-order valence-corrected chi connectivity index (χ2v) is 10.2. The predicted molar refractivity (Wildman–Crippen MR) is 135 cm³/mol. The molecule has 2 aromatic carbocycles. The number of benzene rings is 2. The van der Waals surface area contributed by atoms with Crippen LogP contribution in [0.1, 0.15) is 81.8 Å². The molecule has 176 valence electrons. The van der Waals surface area contributed by atoms with Gasteiger partial charge in [-0.2, -0.15) is 0 Å². The van der Waals surface area contributed by atoms with Gasteiger partial charge in [0.15, 0.2) is 0 Å². The third kappa shape index (κ3) is 5.83. The van der Waals surface area contributed by atoms with E-state index in [0.29, 0.717) is 11.5 Å². The third-order valence-electron chi connectivity index (χ3n) is 8.11. The summed E-state index contributed by atoms with van der Waals surface area (Å²) in [6.45, 7) is 5.88. The summed E-state index contributed by atoms with van der Waals surface area (Å²) in [7, 11) is 0. The highest BCUT2D eigenvalue weighted by molar-refractivity contribution is 5.65. The summed E-state index contributed by atoms with van der Waals surface area (Å²) in [6, 6.07) is 10.9. The summed E-state index contributed by atoms with van der Waals surface area (Å²) in [6.07, 6.45) is 17.7. The zero-order valence-corrected chi connectivity index (χ0v) is 20.0. The maximum atomic E-state index is 15.1. The summed E-state index contributed by atoms with van der Waals surface area (Å²) >= 11 is 0. The molecule has 2 aromatic rings. The van der Waals surface area contributed by atoms with Gasteiger partial charge in [-0.1, -0.05) is 48.9 Å². The Hall–Kier alpha value is -2.22. The number of aryl methyl sites for hydroxylation is 1. The van der Waals surface area contributed by atoms with E-state index < -0.39 is 11.6 Å². The van der Waals surface area contributed by atoms with Crippen molar-refractivity contribution >= 4 is 0 Å². The summed E-state index contributed by atoms with van der Waals surface area (Å²) in [4.78, 5) is 0. The molecule has 4 atom stereocenters. The fourth-order valence-corrected chi connectivity index (χ4v) is 6.26. The van der Waals surface area contributed by atoms with Gasteiger partial charge < -0.3 is 0 Å². The molecule has 0 heterocycles. The molecule has 33 heavy (non-hydrogen) atoms. The van der Waals surface area contributed by atoms with Crippen LogP contribution < -0.4 is 0 Å². The topological polar surface area (TPSA) is 0 Å². The summed E-state index contributed by atoms with van der Waals surface area (Å²) in [5.74, 6) is 1.77. The van der Waals surface area contributed by atoms with Crippen molar-refractivity contribution in [3.8, 4) is 11.1 Å². The summed E-state index contributed by atoms with van der Waals surface area (Å²) < 4.78 is 30.3. The molecule has 0 aromatic heterocycles. The summed E-state index contributed by atoms with van der Waals surface area (Å²) in [5, 5.41) is 0. The Balaban J connectivity index is 1.43. The Kier molecular flexibility index (Phi) is 8.17. The zero-order chi connectivity index (χ0) is 23.2. The maximum Gasteiger partial charge on any atom is 0.134 e. The molecule has 4 unspecified atom stereocenters. The molecule has 2 fully saturated rings. The lowest BCUT2D eigenvalue weighted by Crippen LogP contribution is -2.30. The van der Waals surface area contributed by atoms with Crippen molar-refractivity contribution in [3.63, 3.8) is 0 Å². The molecule has 0 spiro atoms. The lowest BCUT2D eigenvalue weighted by Gasteiger charge is -2.42. The molecule has 2 saturated carbocycles. The molecule has 0 saturated heterocycles. The molecule has 0 amide bonds. The van der Waals surface area contributed by atoms with Gasteiger partial charge in [-0.25, -0.2) is 8.78 Å². The quantitative estimate of drug-likeness (QED) is 0.353.